The molecule has 1 rings (SSSR count). The lowest BCUT2D eigenvalue weighted by molar-refractivity contribution is 0.409. The van der Waals surface area contributed by atoms with Crippen LogP contribution < -0.4 is 5.32 Å². The van der Waals surface area contributed by atoms with Crippen LogP contribution in [0.3, 0.4) is 0 Å². The van der Waals surface area contributed by atoms with E-state index in [1.54, 1.807) is 0 Å². The van der Waals surface area contributed by atoms with Gasteiger partial charge in [-0.1, -0.05) is 39.8 Å². The molecule has 1 N–H and O–H groups in total. The zero-order valence-electron chi connectivity index (χ0n) is 16.7. The van der Waals surface area contributed by atoms with Crippen molar-refractivity contribution in [3.63, 3.8) is 0 Å². The molecule has 0 radical (unpaired) electrons. The van der Waals surface area contributed by atoms with Crippen molar-refractivity contribution in [2.45, 2.75) is 73.1 Å². The molecule has 0 saturated heterocycles. The molecule has 3 heteroatoms. The zero-order chi connectivity index (χ0) is 18.1. The predicted molar refractivity (Wildman–Crippen MR) is 107 cm³/mol. The van der Waals surface area contributed by atoms with E-state index in [1.165, 1.54) is 44.2 Å². The normalized spacial score (nSPS) is 12.2. The van der Waals surface area contributed by atoms with E-state index in [1.807, 2.05) is 13.8 Å². The summed E-state index contributed by atoms with van der Waals surface area (Å²) in [5.41, 5.74) is 3.55. The van der Waals surface area contributed by atoms with E-state index in [0.29, 0.717) is 0 Å². The minimum absolute atomic E-state index is 1.07. The van der Waals surface area contributed by atoms with Crippen molar-refractivity contribution in [3.05, 3.63) is 24.6 Å². The zero-order valence-corrected chi connectivity index (χ0v) is 16.7. The molecule has 136 valence electrons. The van der Waals surface area contributed by atoms with Crippen LogP contribution in [0.5, 0.6) is 0 Å². The first-order valence-electron chi connectivity index (χ1n) is 9.11. The van der Waals surface area contributed by atoms with Crippen LogP contribution in [0.15, 0.2) is 29.5 Å². The first-order chi connectivity index (χ1) is 10.8. The van der Waals surface area contributed by atoms with Crippen LogP contribution in [-0.2, 0) is 0 Å². The molecule has 0 spiro atoms. The molecule has 0 amide bonds. The first-order valence-corrected chi connectivity index (χ1v) is 9.11. The standard InChI is InChI=1S/C8H17N.C7H15N.C5H9N/c1-5-6-7-9(4)8(2)3;1-4-5-6-8-7(2)3;1-5-3-2-4-6-5/h2,5-7H2,1,3-4H3;8H,2,4-6H2,1,3H3;2-4H2,1H3. The number of nitrogens with zero attached hydrogens (tertiary/aromatic N) is 2. The summed E-state index contributed by atoms with van der Waals surface area (Å²) in [5.74, 6) is 0. The third-order valence-corrected chi connectivity index (χ3v) is 3.53. The third kappa shape index (κ3) is 20.8. The Morgan fingerprint density at radius 1 is 1.17 bits per heavy atom. The van der Waals surface area contributed by atoms with Crippen LogP contribution in [-0.4, -0.2) is 37.3 Å². The summed E-state index contributed by atoms with van der Waals surface area (Å²) in [4.78, 5) is 6.34. The Morgan fingerprint density at radius 2 is 1.78 bits per heavy atom. The summed E-state index contributed by atoms with van der Waals surface area (Å²) in [5, 5.41) is 3.15. The van der Waals surface area contributed by atoms with Gasteiger partial charge in [0.05, 0.1) is 0 Å². The Morgan fingerprint density at radius 3 is 2.09 bits per heavy atom. The van der Waals surface area contributed by atoms with Crippen LogP contribution in [0.1, 0.15) is 73.1 Å². The lowest BCUT2D eigenvalue weighted by Crippen LogP contribution is -2.15. The van der Waals surface area contributed by atoms with Gasteiger partial charge in [0.15, 0.2) is 0 Å². The highest BCUT2D eigenvalue weighted by atomic mass is 15.1. The van der Waals surface area contributed by atoms with E-state index in [9.17, 15) is 0 Å². The quantitative estimate of drug-likeness (QED) is 0.605. The largest absolute Gasteiger partial charge is 0.389 e. The average Bonchev–Trinajstić information content (AvgIpc) is 2.97. The summed E-state index contributed by atoms with van der Waals surface area (Å²) >= 11 is 0. The maximum atomic E-state index is 4.15. The van der Waals surface area contributed by atoms with Gasteiger partial charge in [-0.3, -0.25) is 4.99 Å². The molecule has 0 aromatic carbocycles. The number of hydrogen-bond acceptors (Lipinski definition) is 3. The van der Waals surface area contributed by atoms with Crippen LogP contribution in [0.4, 0.5) is 0 Å². The third-order valence-electron chi connectivity index (χ3n) is 3.53. The molecule has 0 aromatic heterocycles. The van der Waals surface area contributed by atoms with Gasteiger partial charge >= 0.3 is 0 Å². The van der Waals surface area contributed by atoms with Gasteiger partial charge in [0, 0.05) is 43.8 Å². The average molecular weight is 324 g/mol. The fraction of sp³-hybridized carbons (Fsp3) is 0.750. The van der Waals surface area contributed by atoms with Crippen molar-refractivity contribution in [1.82, 2.24) is 10.2 Å². The number of aliphatic imine (C=N–C) groups is 1. The maximum absolute atomic E-state index is 4.15. The summed E-state index contributed by atoms with van der Waals surface area (Å²) in [6, 6.07) is 0. The van der Waals surface area contributed by atoms with E-state index < -0.39 is 0 Å². The van der Waals surface area contributed by atoms with Crippen LogP contribution in [0, 0.1) is 0 Å². The molecule has 0 unspecified atom stereocenters. The molecule has 23 heavy (non-hydrogen) atoms. The molecule has 3 nitrogen and oxygen atoms in total. The SMILES string of the molecule is C=C(C)N(C)CCCC.C=C(C)NCCCC.CC1=NCCC1. The summed E-state index contributed by atoms with van der Waals surface area (Å²) in [6.07, 6.45) is 7.54. The van der Waals surface area contributed by atoms with Gasteiger partial charge in [0.25, 0.3) is 0 Å². The lowest BCUT2D eigenvalue weighted by atomic mass is 10.3. The van der Waals surface area contributed by atoms with Gasteiger partial charge in [0.2, 0.25) is 0 Å². The smallest absolute Gasteiger partial charge is 0.0392 e. The van der Waals surface area contributed by atoms with Gasteiger partial charge in [-0.25, -0.2) is 0 Å². The minimum Gasteiger partial charge on any atom is -0.389 e. The Labute approximate surface area is 146 Å². The highest BCUT2D eigenvalue weighted by Crippen LogP contribution is 2.01. The molecule has 1 aliphatic rings. The Bertz CT molecular complexity index is 332. The van der Waals surface area contributed by atoms with Crippen molar-refractivity contribution in [3.8, 4) is 0 Å². The molecule has 0 atom stereocenters. The number of allylic oxidation sites excluding steroid dienone is 2. The first kappa shape index (κ1) is 24.0. The predicted octanol–water partition coefficient (Wildman–Crippen LogP) is 5.40. The van der Waals surface area contributed by atoms with Gasteiger partial charge in [-0.05, 0) is 46.5 Å². The van der Waals surface area contributed by atoms with Gasteiger partial charge < -0.3 is 10.2 Å². The Kier molecular flexibility index (Phi) is 17.9. The molecule has 1 heterocycles. The summed E-state index contributed by atoms with van der Waals surface area (Å²) in [7, 11) is 2.08. The number of rotatable bonds is 8. The topological polar surface area (TPSA) is 27.6 Å². The van der Waals surface area contributed by atoms with Crippen molar-refractivity contribution in [2.24, 2.45) is 4.99 Å². The second kappa shape index (κ2) is 17.1. The van der Waals surface area contributed by atoms with Crippen molar-refractivity contribution in [2.75, 3.05) is 26.7 Å². The van der Waals surface area contributed by atoms with Crippen LogP contribution >= 0.6 is 0 Å². The van der Waals surface area contributed by atoms with Crippen molar-refractivity contribution >= 4 is 5.71 Å². The van der Waals surface area contributed by atoms with Crippen LogP contribution in [0.2, 0.25) is 0 Å². The van der Waals surface area contributed by atoms with Gasteiger partial charge in [0.1, 0.15) is 0 Å². The molecule has 0 fully saturated rings. The van der Waals surface area contributed by atoms with E-state index in [0.717, 1.165) is 31.0 Å². The molecule has 1 aliphatic heterocycles. The molecule has 0 aliphatic carbocycles. The molecular weight excluding hydrogens is 282 g/mol. The Hall–Kier alpha value is -1.25. The van der Waals surface area contributed by atoms with E-state index in [4.69, 9.17) is 0 Å². The minimum atomic E-state index is 1.07. The summed E-state index contributed by atoms with van der Waals surface area (Å²) in [6.45, 7) is 21.3. The van der Waals surface area contributed by atoms with Crippen LogP contribution in [0.25, 0.3) is 0 Å². The highest BCUT2D eigenvalue weighted by molar-refractivity contribution is 5.83. The Balaban J connectivity index is 0. The van der Waals surface area contributed by atoms with Gasteiger partial charge in [-0.15, -0.1) is 0 Å². The molecule has 0 bridgehead atoms. The van der Waals surface area contributed by atoms with E-state index in [2.05, 4.69) is 56.2 Å². The van der Waals surface area contributed by atoms with Gasteiger partial charge in [-0.2, -0.15) is 0 Å². The fourth-order valence-corrected chi connectivity index (χ4v) is 1.75. The van der Waals surface area contributed by atoms with Crippen molar-refractivity contribution < 1.29 is 0 Å². The van der Waals surface area contributed by atoms with E-state index >= 15 is 0 Å². The lowest BCUT2D eigenvalue weighted by Gasteiger charge is -2.17. The second-order valence-electron chi connectivity index (χ2n) is 6.29. The molecule has 0 saturated carbocycles. The monoisotopic (exact) mass is 323 g/mol. The maximum Gasteiger partial charge on any atom is 0.0392 e. The highest BCUT2D eigenvalue weighted by Gasteiger charge is 1.96. The summed E-state index contributed by atoms with van der Waals surface area (Å²) < 4.78 is 0. The second-order valence-corrected chi connectivity index (χ2v) is 6.29. The fourth-order valence-electron chi connectivity index (χ4n) is 1.75. The number of nitrogens with one attached hydrogen (secondary N) is 1. The molecular formula is C20H41N3. The van der Waals surface area contributed by atoms with E-state index in [-0.39, 0.29) is 0 Å². The number of unbranched alkanes of at least 4 members (excludes halogenated alkanes) is 2. The molecule has 0 aromatic rings. The van der Waals surface area contributed by atoms with Crippen molar-refractivity contribution in [1.29, 1.82) is 0 Å². The number of hydrogen-bond donors (Lipinski definition) is 1.